The molecule has 2 aliphatic carbocycles. The summed E-state index contributed by atoms with van der Waals surface area (Å²) in [4.78, 5) is 26.6. The number of aliphatic hydroxyl groups is 2. The summed E-state index contributed by atoms with van der Waals surface area (Å²) in [5, 5.41) is 21.5. The molecule has 5 aliphatic rings. The van der Waals surface area contributed by atoms with Crippen LogP contribution in [0.5, 0.6) is 0 Å². The van der Waals surface area contributed by atoms with Crippen LogP contribution in [0.25, 0.3) is 4.85 Å². The first kappa shape index (κ1) is 41.5. The Bertz CT molecular complexity index is 1510. The number of hydrogen-bond acceptors (Lipinski definition) is 10. The van der Waals surface area contributed by atoms with Crippen LogP contribution in [0, 0.1) is 18.4 Å². The molecule has 11 heteroatoms. The van der Waals surface area contributed by atoms with Gasteiger partial charge >= 0.3 is 0 Å². The van der Waals surface area contributed by atoms with Gasteiger partial charge in [0.25, 0.3) is 0 Å². The molecule has 11 nitrogen and oxygen atoms in total. The Labute approximate surface area is 309 Å². The molecule has 3 aliphatic heterocycles. The van der Waals surface area contributed by atoms with Crippen molar-refractivity contribution in [1.82, 2.24) is 11.0 Å². The van der Waals surface area contributed by atoms with Gasteiger partial charge in [-0.2, -0.15) is 11.0 Å². The molecule has 3 saturated heterocycles. The lowest BCUT2D eigenvalue weighted by Crippen LogP contribution is -2.68. The molecule has 3 heterocycles. The number of nitrogens with one attached hydrogen (secondary N) is 2. The third-order valence-electron chi connectivity index (χ3n) is 10.2. The average Bonchev–Trinajstić information content (AvgIpc) is 3.73. The van der Waals surface area contributed by atoms with Crippen LogP contribution in [0.3, 0.4) is 0 Å². The summed E-state index contributed by atoms with van der Waals surface area (Å²) in [6.07, 6.45) is 5.70. The van der Waals surface area contributed by atoms with Gasteiger partial charge in [0.2, 0.25) is 0 Å². The topological polar surface area (TPSA) is 132 Å². The minimum atomic E-state index is -0.911. The number of rotatable bonds is 9. The Kier molecular flexibility index (Phi) is 15.3. The summed E-state index contributed by atoms with van der Waals surface area (Å²) in [7, 11) is 0. The van der Waals surface area contributed by atoms with Crippen LogP contribution in [-0.2, 0) is 41.9 Å². The molecule has 4 N–H and O–H groups in total. The van der Waals surface area contributed by atoms with E-state index in [4.69, 9.17) is 30.5 Å². The van der Waals surface area contributed by atoms with Gasteiger partial charge in [0.05, 0.1) is 50.3 Å². The zero-order valence-corrected chi connectivity index (χ0v) is 30.1. The van der Waals surface area contributed by atoms with Crippen molar-refractivity contribution in [1.29, 1.82) is 0 Å². The molecule has 0 radical (unpaired) electrons. The second-order valence-electron chi connectivity index (χ2n) is 14.3. The standard InChI is InChI=1S/C18H22N2O3.C18H23NO4.C4H8O.CH4/c1-12-9-15(19-3)18(10-13(2)23-16(12)17(18)21)20-22-11-14-7-5-4-6-8-14;1-12-8-15(10-20)18(9-13(2)23-16(12)17(18)21)19-22-11-14-6-4-3-5-7-14;1-2-4-5-3-1;/h4-9,12-13,16-17,20-21H,10-11H2,1-2H3;3-8,10,12-13,16-17,19,21H,9,11H2,1-2H3;1-4H2;1H4/t2*12?,13-,16+,17?,18-;;/m00../s1. The normalized spacial score (nSPS) is 34.4. The van der Waals surface area contributed by atoms with Crippen molar-refractivity contribution in [2.75, 3.05) is 13.2 Å². The van der Waals surface area contributed by atoms with Crippen molar-refractivity contribution in [3.8, 4) is 0 Å². The zero-order chi connectivity index (χ0) is 36.4. The first-order chi connectivity index (χ1) is 24.6. The Morgan fingerprint density at radius 3 is 1.71 bits per heavy atom. The molecule has 0 saturated carbocycles. The molecule has 0 spiro atoms. The van der Waals surface area contributed by atoms with E-state index in [2.05, 4.69) is 15.8 Å². The average molecular weight is 720 g/mol. The van der Waals surface area contributed by atoms with E-state index in [0.717, 1.165) is 30.6 Å². The van der Waals surface area contributed by atoms with E-state index in [1.54, 1.807) is 0 Å². The minimum Gasteiger partial charge on any atom is -0.389 e. The van der Waals surface area contributed by atoms with Gasteiger partial charge in [-0.1, -0.05) is 94.1 Å². The van der Waals surface area contributed by atoms with Crippen molar-refractivity contribution in [3.05, 3.63) is 107 Å². The van der Waals surface area contributed by atoms with Crippen molar-refractivity contribution < 1.29 is 38.9 Å². The van der Waals surface area contributed by atoms with E-state index in [1.807, 2.05) is 101 Å². The van der Waals surface area contributed by atoms with Crippen molar-refractivity contribution in [2.24, 2.45) is 11.8 Å². The van der Waals surface area contributed by atoms with Crippen molar-refractivity contribution in [3.63, 3.8) is 0 Å². The molecule has 7 rings (SSSR count). The maximum absolute atomic E-state index is 11.6. The quantitative estimate of drug-likeness (QED) is 0.147. The molecule has 2 aromatic carbocycles. The molecular formula is C41H57N3O8. The highest BCUT2D eigenvalue weighted by Gasteiger charge is 2.56. The number of carbonyl (C=O) groups is 1. The first-order valence-corrected chi connectivity index (χ1v) is 18.0. The lowest BCUT2D eigenvalue weighted by atomic mass is 9.69. The summed E-state index contributed by atoms with van der Waals surface area (Å²) < 4.78 is 16.7. The molecule has 284 valence electrons. The van der Waals surface area contributed by atoms with Gasteiger partial charge in [0.1, 0.15) is 23.5 Å². The van der Waals surface area contributed by atoms with E-state index in [9.17, 15) is 15.0 Å². The highest BCUT2D eigenvalue weighted by Crippen LogP contribution is 2.44. The van der Waals surface area contributed by atoms with E-state index < -0.39 is 23.3 Å². The highest BCUT2D eigenvalue weighted by molar-refractivity contribution is 5.78. The first-order valence-electron chi connectivity index (χ1n) is 18.0. The molecule has 0 amide bonds. The summed E-state index contributed by atoms with van der Waals surface area (Å²) in [5.74, 6) is -0.0158. The summed E-state index contributed by atoms with van der Waals surface area (Å²) in [5.41, 5.74) is 7.28. The number of nitrogens with zero attached hydrogens (tertiary/aromatic N) is 1. The molecule has 2 aromatic rings. The monoisotopic (exact) mass is 719 g/mol. The number of ether oxygens (including phenoxy) is 3. The Morgan fingerprint density at radius 2 is 1.25 bits per heavy atom. The summed E-state index contributed by atoms with van der Waals surface area (Å²) in [6.45, 7) is 18.1. The third-order valence-corrected chi connectivity index (χ3v) is 10.2. The SMILES string of the molecule is C.C1CCOC1.CC1C=C(C=O)[C@@]2(NOCc3ccccc3)C[C@H](C)O[C@H]1C2O.[C-]#[N+]C1=CC(C)[C@H]2O[C@@H](C)C[C@@]1(NOCc1ccccc1)C2O. The number of fused-ring (bicyclic) bond motifs is 4. The Hall–Kier alpha value is -3.28. The van der Waals surface area contributed by atoms with Gasteiger partial charge < -0.3 is 24.4 Å². The predicted octanol–water partition coefficient (Wildman–Crippen LogP) is 5.63. The van der Waals surface area contributed by atoms with Crippen molar-refractivity contribution in [2.45, 2.75) is 122 Å². The smallest absolute Gasteiger partial charge is 0.186 e. The minimum absolute atomic E-state index is 0. The van der Waals surface area contributed by atoms with Crippen LogP contribution in [0.1, 0.15) is 71.9 Å². The number of hydrogen-bond donors (Lipinski definition) is 4. The van der Waals surface area contributed by atoms with E-state index in [1.165, 1.54) is 12.8 Å². The van der Waals surface area contributed by atoms with E-state index >= 15 is 0 Å². The molecular weight excluding hydrogens is 662 g/mol. The number of carbonyl (C=O) groups excluding carboxylic acids is 1. The number of aliphatic hydroxyl groups excluding tert-OH is 2. The largest absolute Gasteiger partial charge is 0.389 e. The maximum atomic E-state index is 11.6. The molecule has 10 atom stereocenters. The van der Waals surface area contributed by atoms with Gasteiger partial charge in [-0.05, 0) is 50.2 Å². The fourth-order valence-corrected chi connectivity index (χ4v) is 7.63. The van der Waals surface area contributed by atoms with Crippen LogP contribution in [0.4, 0.5) is 0 Å². The third kappa shape index (κ3) is 9.44. The molecule has 4 bridgehead atoms. The lowest BCUT2D eigenvalue weighted by Gasteiger charge is -2.52. The second kappa shape index (κ2) is 19.2. The van der Waals surface area contributed by atoms with Gasteiger partial charge in [-0.25, -0.2) is 4.85 Å². The maximum Gasteiger partial charge on any atom is 0.186 e. The molecule has 3 fully saturated rings. The predicted molar refractivity (Wildman–Crippen MR) is 198 cm³/mol. The molecule has 4 unspecified atom stereocenters. The van der Waals surface area contributed by atoms with Crippen LogP contribution < -0.4 is 11.0 Å². The van der Waals surface area contributed by atoms with Crippen LogP contribution in [0.15, 0.2) is 84.1 Å². The van der Waals surface area contributed by atoms with Gasteiger partial charge in [-0.15, -0.1) is 0 Å². The fourth-order valence-electron chi connectivity index (χ4n) is 7.63. The van der Waals surface area contributed by atoms with Gasteiger partial charge in [0.15, 0.2) is 5.70 Å². The molecule has 0 aromatic heterocycles. The van der Waals surface area contributed by atoms with E-state index in [0.29, 0.717) is 37.3 Å². The number of hydroxylamine groups is 2. The fraction of sp³-hybridized carbons (Fsp3) is 0.561. The zero-order valence-electron chi connectivity index (χ0n) is 30.1. The van der Waals surface area contributed by atoms with E-state index in [-0.39, 0.29) is 43.7 Å². The van der Waals surface area contributed by atoms with Crippen LogP contribution in [-0.4, -0.2) is 77.4 Å². The van der Waals surface area contributed by atoms with Gasteiger partial charge in [0, 0.05) is 31.1 Å². The van der Waals surface area contributed by atoms with Gasteiger partial charge in [-0.3, -0.25) is 14.5 Å². The Morgan fingerprint density at radius 1 is 0.788 bits per heavy atom. The Balaban J connectivity index is 0.000000201. The molecule has 52 heavy (non-hydrogen) atoms. The summed E-state index contributed by atoms with van der Waals surface area (Å²) in [6, 6.07) is 19.5. The second-order valence-corrected chi connectivity index (χ2v) is 14.3. The number of benzene rings is 2. The summed E-state index contributed by atoms with van der Waals surface area (Å²) >= 11 is 0. The van der Waals surface area contributed by atoms with Crippen LogP contribution in [0.2, 0.25) is 0 Å². The highest BCUT2D eigenvalue weighted by atomic mass is 16.7. The van der Waals surface area contributed by atoms with Crippen LogP contribution >= 0.6 is 0 Å². The van der Waals surface area contributed by atoms with Crippen molar-refractivity contribution >= 4 is 6.29 Å². The lowest BCUT2D eigenvalue weighted by molar-refractivity contribution is -0.196. The number of aldehydes is 1.